The average Bonchev–Trinajstić information content (AvgIpc) is 2.26. The van der Waals surface area contributed by atoms with Crippen molar-refractivity contribution in [3.8, 4) is 0 Å². The number of esters is 1. The lowest BCUT2D eigenvalue weighted by molar-refractivity contribution is -0.149. The predicted molar refractivity (Wildman–Crippen MR) is 69.8 cm³/mol. The summed E-state index contributed by atoms with van der Waals surface area (Å²) in [6.07, 6.45) is 2.01. The van der Waals surface area contributed by atoms with E-state index in [4.69, 9.17) is 16.2 Å². The Balaban J connectivity index is 4.20. The van der Waals surface area contributed by atoms with Gasteiger partial charge in [0.05, 0.1) is 19.0 Å². The molecule has 0 aliphatic heterocycles. The Morgan fingerprint density at radius 1 is 1.56 bits per heavy atom. The highest BCUT2D eigenvalue weighted by molar-refractivity contribution is 5.80. The van der Waals surface area contributed by atoms with Crippen molar-refractivity contribution >= 4 is 11.8 Å². The molecular formula is C12H22FN3O2. The minimum absolute atomic E-state index is 0.0803. The highest BCUT2D eigenvalue weighted by atomic mass is 19.1. The molecule has 0 fully saturated rings. The molecule has 1 atom stereocenters. The number of halogens is 1. The standard InChI is InChI=1S/C12H22FN3O2/c1-4-18-11(17)12(3,15)7-5-6-10(13)8-16-9(2)14/h6H,4-5,7-8,15H2,1-3H3,(H2,14,16). The third-order valence-electron chi connectivity index (χ3n) is 2.25. The first-order valence-electron chi connectivity index (χ1n) is 5.86. The maximum atomic E-state index is 13.2. The molecule has 0 aliphatic carbocycles. The Kier molecular flexibility index (Phi) is 7.19. The van der Waals surface area contributed by atoms with Gasteiger partial charge in [-0.15, -0.1) is 0 Å². The Bertz CT molecular complexity index is 334. The predicted octanol–water partition coefficient (Wildman–Crippen LogP) is 1.28. The molecule has 0 radical (unpaired) electrons. The second-order valence-corrected chi connectivity index (χ2v) is 4.29. The number of rotatable bonds is 7. The average molecular weight is 259 g/mol. The fourth-order valence-electron chi connectivity index (χ4n) is 1.19. The van der Waals surface area contributed by atoms with E-state index in [9.17, 15) is 9.18 Å². The van der Waals surface area contributed by atoms with E-state index in [2.05, 4.69) is 4.99 Å². The van der Waals surface area contributed by atoms with Gasteiger partial charge in [0.15, 0.2) is 0 Å². The van der Waals surface area contributed by atoms with Crippen LogP contribution in [0.4, 0.5) is 4.39 Å². The van der Waals surface area contributed by atoms with Crippen LogP contribution in [0.2, 0.25) is 0 Å². The van der Waals surface area contributed by atoms with Gasteiger partial charge in [0, 0.05) is 0 Å². The first-order chi connectivity index (χ1) is 8.29. The van der Waals surface area contributed by atoms with E-state index in [0.717, 1.165) is 0 Å². The third kappa shape index (κ3) is 7.01. The molecule has 0 aromatic rings. The summed E-state index contributed by atoms with van der Waals surface area (Å²) in [4.78, 5) is 15.2. The fourth-order valence-corrected chi connectivity index (χ4v) is 1.19. The summed E-state index contributed by atoms with van der Waals surface area (Å²) >= 11 is 0. The molecule has 4 N–H and O–H groups in total. The van der Waals surface area contributed by atoms with Crippen molar-refractivity contribution in [3.63, 3.8) is 0 Å². The van der Waals surface area contributed by atoms with Crippen molar-refractivity contribution in [2.45, 2.75) is 39.2 Å². The Labute approximate surface area is 107 Å². The molecule has 0 saturated carbocycles. The molecule has 5 nitrogen and oxygen atoms in total. The number of nitrogens with zero attached hydrogens (tertiary/aromatic N) is 1. The van der Waals surface area contributed by atoms with Crippen molar-refractivity contribution < 1.29 is 13.9 Å². The lowest BCUT2D eigenvalue weighted by atomic mass is 9.97. The maximum absolute atomic E-state index is 13.2. The van der Waals surface area contributed by atoms with E-state index < -0.39 is 11.5 Å². The summed E-state index contributed by atoms with van der Waals surface area (Å²) in [5.74, 6) is -0.539. The van der Waals surface area contributed by atoms with Crippen LogP contribution >= 0.6 is 0 Å². The van der Waals surface area contributed by atoms with Crippen molar-refractivity contribution in [3.05, 3.63) is 11.9 Å². The highest BCUT2D eigenvalue weighted by Gasteiger charge is 2.28. The maximum Gasteiger partial charge on any atom is 0.325 e. The van der Waals surface area contributed by atoms with E-state index in [1.165, 1.54) is 6.08 Å². The number of carbonyl (C=O) groups excluding carboxylic acids is 1. The van der Waals surface area contributed by atoms with E-state index >= 15 is 0 Å². The van der Waals surface area contributed by atoms with Gasteiger partial charge in [0.1, 0.15) is 11.4 Å². The van der Waals surface area contributed by atoms with Gasteiger partial charge in [0.2, 0.25) is 0 Å². The Morgan fingerprint density at radius 3 is 2.67 bits per heavy atom. The first kappa shape index (κ1) is 16.6. The molecule has 0 heterocycles. The van der Waals surface area contributed by atoms with E-state index in [0.29, 0.717) is 18.7 Å². The van der Waals surface area contributed by atoms with Crippen LogP contribution in [0.3, 0.4) is 0 Å². The molecular weight excluding hydrogens is 237 g/mol. The van der Waals surface area contributed by atoms with Crippen molar-refractivity contribution in [1.82, 2.24) is 0 Å². The molecule has 0 aliphatic rings. The summed E-state index contributed by atoms with van der Waals surface area (Å²) in [7, 11) is 0. The largest absolute Gasteiger partial charge is 0.465 e. The third-order valence-corrected chi connectivity index (χ3v) is 2.25. The number of carbonyl (C=O) groups is 1. The number of ether oxygens (including phenoxy) is 1. The molecule has 0 rings (SSSR count). The van der Waals surface area contributed by atoms with E-state index in [-0.39, 0.29) is 19.0 Å². The zero-order valence-electron chi connectivity index (χ0n) is 11.2. The van der Waals surface area contributed by atoms with Gasteiger partial charge in [-0.05, 0) is 33.6 Å². The highest BCUT2D eigenvalue weighted by Crippen LogP contribution is 2.13. The summed E-state index contributed by atoms with van der Waals surface area (Å²) in [6, 6.07) is 0. The van der Waals surface area contributed by atoms with Gasteiger partial charge >= 0.3 is 5.97 Å². The zero-order valence-corrected chi connectivity index (χ0v) is 11.2. The second kappa shape index (κ2) is 7.81. The molecule has 0 saturated heterocycles. The zero-order chi connectivity index (χ0) is 14.2. The van der Waals surface area contributed by atoms with Gasteiger partial charge in [-0.3, -0.25) is 9.79 Å². The first-order valence-corrected chi connectivity index (χ1v) is 5.86. The van der Waals surface area contributed by atoms with Gasteiger partial charge in [-0.2, -0.15) is 0 Å². The minimum atomic E-state index is -1.10. The normalized spacial score (nSPS) is 16.3. The summed E-state index contributed by atoms with van der Waals surface area (Å²) in [5, 5.41) is 0. The molecule has 0 aromatic carbocycles. The lowest BCUT2D eigenvalue weighted by Gasteiger charge is -2.21. The number of nitrogens with two attached hydrogens (primary N) is 2. The SMILES string of the molecule is CCOC(=O)C(C)(N)CCC=C(F)CN=C(C)N. The van der Waals surface area contributed by atoms with Gasteiger partial charge in [0.25, 0.3) is 0 Å². The van der Waals surface area contributed by atoms with Gasteiger partial charge in [-0.1, -0.05) is 6.08 Å². The van der Waals surface area contributed by atoms with Crippen LogP contribution in [-0.2, 0) is 9.53 Å². The summed E-state index contributed by atoms with van der Waals surface area (Å²) in [5.41, 5.74) is 9.97. The van der Waals surface area contributed by atoms with Crippen molar-refractivity contribution in [1.29, 1.82) is 0 Å². The fraction of sp³-hybridized carbons (Fsp3) is 0.667. The lowest BCUT2D eigenvalue weighted by Crippen LogP contribution is -2.46. The summed E-state index contributed by atoms with van der Waals surface area (Å²) in [6.45, 7) is 5.06. The number of hydrogen-bond donors (Lipinski definition) is 2. The molecule has 0 spiro atoms. The summed E-state index contributed by atoms with van der Waals surface area (Å²) < 4.78 is 18.1. The molecule has 0 bridgehead atoms. The monoisotopic (exact) mass is 259 g/mol. The van der Waals surface area contributed by atoms with Crippen molar-refractivity contribution in [2.75, 3.05) is 13.2 Å². The van der Waals surface area contributed by atoms with Crippen molar-refractivity contribution in [2.24, 2.45) is 16.5 Å². The topological polar surface area (TPSA) is 90.7 Å². The molecule has 1 unspecified atom stereocenters. The minimum Gasteiger partial charge on any atom is -0.465 e. The van der Waals surface area contributed by atoms with Gasteiger partial charge in [-0.25, -0.2) is 4.39 Å². The van der Waals surface area contributed by atoms with Crippen LogP contribution < -0.4 is 11.5 Å². The van der Waals surface area contributed by atoms with Crippen LogP contribution in [0.5, 0.6) is 0 Å². The molecule has 6 heteroatoms. The van der Waals surface area contributed by atoms with Gasteiger partial charge < -0.3 is 16.2 Å². The van der Waals surface area contributed by atoms with E-state index in [1.807, 2.05) is 0 Å². The molecule has 104 valence electrons. The Hall–Kier alpha value is -1.43. The quantitative estimate of drug-likeness (QED) is 0.409. The number of allylic oxidation sites excluding steroid dienone is 1. The number of aliphatic imine (C=N–C) groups is 1. The molecule has 0 amide bonds. The second-order valence-electron chi connectivity index (χ2n) is 4.29. The van der Waals surface area contributed by atoms with Crippen LogP contribution in [0.1, 0.15) is 33.6 Å². The number of hydrogen-bond acceptors (Lipinski definition) is 4. The molecule has 18 heavy (non-hydrogen) atoms. The smallest absolute Gasteiger partial charge is 0.325 e. The number of amidine groups is 1. The van der Waals surface area contributed by atoms with Crippen LogP contribution in [0.15, 0.2) is 16.9 Å². The Morgan fingerprint density at radius 2 is 2.17 bits per heavy atom. The molecule has 0 aromatic heterocycles. The van der Waals surface area contributed by atoms with E-state index in [1.54, 1.807) is 20.8 Å². The van der Waals surface area contributed by atoms with Crippen LogP contribution in [-0.4, -0.2) is 30.5 Å². The van der Waals surface area contributed by atoms with Crippen LogP contribution in [0, 0.1) is 0 Å². The van der Waals surface area contributed by atoms with Crippen LogP contribution in [0.25, 0.3) is 0 Å².